The van der Waals surface area contributed by atoms with Crippen LogP contribution in [0.3, 0.4) is 0 Å². The van der Waals surface area contributed by atoms with Gasteiger partial charge in [-0.1, -0.05) is 25.7 Å². The van der Waals surface area contributed by atoms with Crippen molar-refractivity contribution < 1.29 is 9.53 Å². The number of ether oxygens (including phenoxy) is 1. The first-order chi connectivity index (χ1) is 11.3. The third kappa shape index (κ3) is 3.01. The van der Waals surface area contributed by atoms with Gasteiger partial charge in [0.2, 0.25) is 5.91 Å². The largest absolute Gasteiger partial charge is 0.377 e. The fourth-order valence-corrected chi connectivity index (χ4v) is 4.93. The number of rotatable bonds is 5. The molecule has 1 aliphatic heterocycles. The maximum atomic E-state index is 12.4. The molecular formula is C19H26N2O2. The van der Waals surface area contributed by atoms with Crippen molar-refractivity contribution in [2.45, 2.75) is 57.1 Å². The number of pyridine rings is 1. The number of nitrogens with one attached hydrogen (secondary N) is 1. The summed E-state index contributed by atoms with van der Waals surface area (Å²) >= 11 is 0. The molecule has 3 aliphatic rings. The molecule has 4 heteroatoms. The van der Waals surface area contributed by atoms with Gasteiger partial charge in [0.15, 0.2) is 0 Å². The highest BCUT2D eigenvalue weighted by Crippen LogP contribution is 2.51. The molecule has 2 heterocycles. The van der Waals surface area contributed by atoms with Gasteiger partial charge in [-0.05, 0) is 36.5 Å². The van der Waals surface area contributed by atoms with Gasteiger partial charge in [-0.25, -0.2) is 0 Å². The smallest absolute Gasteiger partial charge is 0.220 e. The second-order valence-electron chi connectivity index (χ2n) is 7.36. The van der Waals surface area contributed by atoms with Crippen LogP contribution in [0.25, 0.3) is 0 Å². The van der Waals surface area contributed by atoms with Crippen molar-refractivity contribution in [3.8, 4) is 0 Å². The molecule has 0 bridgehead atoms. The monoisotopic (exact) mass is 314 g/mol. The lowest BCUT2D eigenvalue weighted by Crippen LogP contribution is -2.63. The number of fused-ring (bicyclic) bond motifs is 1. The molecule has 1 aromatic rings. The molecule has 0 spiro atoms. The Kier molecular flexibility index (Phi) is 4.34. The summed E-state index contributed by atoms with van der Waals surface area (Å²) in [4.78, 5) is 16.4. The summed E-state index contributed by atoms with van der Waals surface area (Å²) in [6, 6.07) is 4.33. The minimum atomic E-state index is 0.195. The van der Waals surface area contributed by atoms with Gasteiger partial charge < -0.3 is 10.1 Å². The number of aryl methyl sites for hydroxylation is 1. The fraction of sp³-hybridized carbons (Fsp3) is 0.684. The van der Waals surface area contributed by atoms with E-state index in [1.165, 1.54) is 31.2 Å². The van der Waals surface area contributed by atoms with Crippen molar-refractivity contribution in [1.82, 2.24) is 10.3 Å². The summed E-state index contributed by atoms with van der Waals surface area (Å²) < 4.78 is 5.96. The van der Waals surface area contributed by atoms with E-state index in [1.54, 1.807) is 12.4 Å². The SMILES string of the molecule is O=C(CCc1ccncc1)N[C@H]1[C@H]2CCO[C@H]2[C@H]1C1CCCC1. The Balaban J connectivity index is 1.34. The lowest BCUT2D eigenvalue weighted by atomic mass is 9.61. The predicted octanol–water partition coefficient (Wildman–Crippen LogP) is 2.72. The molecule has 1 aromatic heterocycles. The van der Waals surface area contributed by atoms with Crippen LogP contribution in [-0.4, -0.2) is 29.6 Å². The topological polar surface area (TPSA) is 51.2 Å². The molecule has 0 radical (unpaired) electrons. The van der Waals surface area contributed by atoms with Crippen molar-refractivity contribution in [3.63, 3.8) is 0 Å². The van der Waals surface area contributed by atoms with Crippen LogP contribution in [0.5, 0.6) is 0 Å². The Bertz CT molecular complexity index is 537. The molecular weight excluding hydrogens is 288 g/mol. The summed E-state index contributed by atoms with van der Waals surface area (Å²) in [5, 5.41) is 3.35. The zero-order chi connectivity index (χ0) is 15.6. The van der Waals surface area contributed by atoms with Crippen LogP contribution in [0.2, 0.25) is 0 Å². The van der Waals surface area contributed by atoms with Gasteiger partial charge in [0, 0.05) is 43.3 Å². The molecule has 3 fully saturated rings. The second-order valence-corrected chi connectivity index (χ2v) is 7.36. The first-order valence-corrected chi connectivity index (χ1v) is 9.13. The van der Waals surface area contributed by atoms with Crippen molar-refractivity contribution in [3.05, 3.63) is 30.1 Å². The molecule has 4 nitrogen and oxygen atoms in total. The Morgan fingerprint density at radius 3 is 2.78 bits per heavy atom. The van der Waals surface area contributed by atoms with Gasteiger partial charge in [-0.2, -0.15) is 0 Å². The van der Waals surface area contributed by atoms with Gasteiger partial charge >= 0.3 is 0 Å². The minimum absolute atomic E-state index is 0.195. The normalized spacial score (nSPS) is 33.2. The van der Waals surface area contributed by atoms with Gasteiger partial charge in [0.05, 0.1) is 6.10 Å². The van der Waals surface area contributed by atoms with E-state index >= 15 is 0 Å². The highest BCUT2D eigenvalue weighted by molar-refractivity contribution is 5.76. The maximum Gasteiger partial charge on any atom is 0.220 e. The van der Waals surface area contributed by atoms with Crippen LogP contribution >= 0.6 is 0 Å². The van der Waals surface area contributed by atoms with E-state index in [4.69, 9.17) is 4.74 Å². The van der Waals surface area contributed by atoms with Crippen LogP contribution in [-0.2, 0) is 16.0 Å². The van der Waals surface area contributed by atoms with E-state index in [9.17, 15) is 4.79 Å². The van der Waals surface area contributed by atoms with Crippen LogP contribution < -0.4 is 5.32 Å². The summed E-state index contributed by atoms with van der Waals surface area (Å²) in [6.07, 6.45) is 11.8. The van der Waals surface area contributed by atoms with E-state index in [0.717, 1.165) is 25.4 Å². The van der Waals surface area contributed by atoms with Crippen molar-refractivity contribution in [1.29, 1.82) is 0 Å². The number of hydrogen-bond donors (Lipinski definition) is 1. The van der Waals surface area contributed by atoms with Gasteiger partial charge in [0.1, 0.15) is 0 Å². The predicted molar refractivity (Wildman–Crippen MR) is 87.8 cm³/mol. The highest BCUT2D eigenvalue weighted by Gasteiger charge is 2.56. The molecule has 4 rings (SSSR count). The van der Waals surface area contributed by atoms with E-state index in [-0.39, 0.29) is 5.91 Å². The standard InChI is InChI=1S/C19H26N2O2/c22-16(6-5-13-7-10-20-11-8-13)21-18-15-9-12-23-19(15)17(18)14-3-1-2-4-14/h7-8,10-11,14-15,17-19H,1-6,9,12H2,(H,21,22)/t15-,17+,18+,19-/m1/s1. The first-order valence-electron chi connectivity index (χ1n) is 9.13. The molecule has 4 atom stereocenters. The Hall–Kier alpha value is -1.42. The summed E-state index contributed by atoms with van der Waals surface area (Å²) in [7, 11) is 0. The third-order valence-corrected chi connectivity index (χ3v) is 6.10. The molecule has 1 N–H and O–H groups in total. The lowest BCUT2D eigenvalue weighted by Gasteiger charge is -2.50. The van der Waals surface area contributed by atoms with E-state index < -0.39 is 0 Å². The average molecular weight is 314 g/mol. The van der Waals surface area contributed by atoms with Gasteiger partial charge in [0.25, 0.3) is 0 Å². The summed E-state index contributed by atoms with van der Waals surface area (Å²) in [5.74, 6) is 2.08. The van der Waals surface area contributed by atoms with E-state index in [0.29, 0.717) is 30.4 Å². The quantitative estimate of drug-likeness (QED) is 0.909. The Morgan fingerprint density at radius 2 is 2.00 bits per heavy atom. The number of nitrogens with zero attached hydrogens (tertiary/aromatic N) is 1. The number of carbonyl (C=O) groups is 1. The van der Waals surface area contributed by atoms with Crippen LogP contribution in [0, 0.1) is 17.8 Å². The van der Waals surface area contributed by atoms with Crippen LogP contribution in [0.1, 0.15) is 44.1 Å². The number of aromatic nitrogens is 1. The molecule has 124 valence electrons. The van der Waals surface area contributed by atoms with Gasteiger partial charge in [-0.3, -0.25) is 9.78 Å². The highest BCUT2D eigenvalue weighted by atomic mass is 16.5. The molecule has 23 heavy (non-hydrogen) atoms. The Morgan fingerprint density at radius 1 is 1.22 bits per heavy atom. The van der Waals surface area contributed by atoms with Gasteiger partial charge in [-0.15, -0.1) is 0 Å². The van der Waals surface area contributed by atoms with E-state index in [2.05, 4.69) is 10.3 Å². The molecule has 0 unspecified atom stereocenters. The third-order valence-electron chi connectivity index (χ3n) is 6.10. The zero-order valence-corrected chi connectivity index (χ0v) is 13.6. The Labute approximate surface area is 138 Å². The number of carbonyl (C=O) groups excluding carboxylic acids is 1. The van der Waals surface area contributed by atoms with E-state index in [1.807, 2.05) is 12.1 Å². The minimum Gasteiger partial charge on any atom is -0.377 e. The number of amides is 1. The fourth-order valence-electron chi connectivity index (χ4n) is 4.93. The van der Waals surface area contributed by atoms with Crippen molar-refractivity contribution in [2.24, 2.45) is 17.8 Å². The number of hydrogen-bond acceptors (Lipinski definition) is 3. The van der Waals surface area contributed by atoms with Crippen molar-refractivity contribution >= 4 is 5.91 Å². The average Bonchev–Trinajstić information content (AvgIpc) is 3.23. The molecule has 1 saturated heterocycles. The molecule has 1 amide bonds. The van der Waals surface area contributed by atoms with Crippen molar-refractivity contribution in [2.75, 3.05) is 6.61 Å². The zero-order valence-electron chi connectivity index (χ0n) is 13.6. The van der Waals surface area contributed by atoms with Crippen LogP contribution in [0.15, 0.2) is 24.5 Å². The lowest BCUT2D eigenvalue weighted by molar-refractivity contribution is -0.129. The van der Waals surface area contributed by atoms with Crippen LogP contribution in [0.4, 0.5) is 0 Å². The summed E-state index contributed by atoms with van der Waals surface area (Å²) in [6.45, 7) is 0.877. The second kappa shape index (κ2) is 6.60. The maximum absolute atomic E-state index is 12.4. The molecule has 2 saturated carbocycles. The molecule has 2 aliphatic carbocycles. The first kappa shape index (κ1) is 15.1. The molecule has 0 aromatic carbocycles. The summed E-state index contributed by atoms with van der Waals surface area (Å²) in [5.41, 5.74) is 1.18.